The maximum Gasteiger partial charge on any atom is 0.0551 e. The molecule has 3 unspecified atom stereocenters. The van der Waals surface area contributed by atoms with Gasteiger partial charge >= 0.3 is 0 Å². The number of hydrogen-bond donors (Lipinski definition) is 0. The van der Waals surface area contributed by atoms with Gasteiger partial charge in [0.2, 0.25) is 0 Å². The van der Waals surface area contributed by atoms with Crippen LogP contribution in [0.5, 0.6) is 0 Å². The molecule has 1 aromatic carbocycles. The average Bonchev–Trinajstić information content (AvgIpc) is 2.95. The molecule has 0 N–H and O–H groups in total. The molecule has 0 aliphatic carbocycles. The number of rotatable bonds is 2. The predicted octanol–water partition coefficient (Wildman–Crippen LogP) is 5.52. The van der Waals surface area contributed by atoms with Crippen molar-refractivity contribution in [3.05, 3.63) is 33.6 Å². The zero-order valence-corrected chi connectivity index (χ0v) is 14.0. The summed E-state index contributed by atoms with van der Waals surface area (Å²) >= 11 is 9.31. The van der Waals surface area contributed by atoms with Gasteiger partial charge in [-0.1, -0.05) is 28.1 Å². The Morgan fingerprint density at radius 3 is 3.00 bits per heavy atom. The highest BCUT2D eigenvalue weighted by Crippen LogP contribution is 2.44. The fourth-order valence-electron chi connectivity index (χ4n) is 2.56. The molecular weight excluding hydrogens is 376 g/mol. The van der Waals surface area contributed by atoms with Crippen LogP contribution in [0.4, 0.5) is 0 Å². The van der Waals surface area contributed by atoms with Gasteiger partial charge < -0.3 is 4.74 Å². The molecule has 4 heteroatoms. The van der Waals surface area contributed by atoms with Gasteiger partial charge in [0, 0.05) is 19.9 Å². The molecular formula is C14H14Br2OS. The summed E-state index contributed by atoms with van der Waals surface area (Å²) in [6.45, 7) is 3.02. The van der Waals surface area contributed by atoms with Crippen LogP contribution in [0, 0.1) is 5.92 Å². The van der Waals surface area contributed by atoms with E-state index in [2.05, 4.69) is 62.4 Å². The van der Waals surface area contributed by atoms with E-state index in [1.807, 2.05) is 11.3 Å². The first-order valence-electron chi connectivity index (χ1n) is 6.08. The van der Waals surface area contributed by atoms with Gasteiger partial charge in [-0.2, -0.15) is 0 Å². The number of alkyl halides is 1. The molecule has 1 nitrogen and oxygen atoms in total. The third kappa shape index (κ3) is 2.28. The van der Waals surface area contributed by atoms with E-state index in [1.54, 1.807) is 0 Å². The van der Waals surface area contributed by atoms with Crippen molar-refractivity contribution in [3.63, 3.8) is 0 Å². The molecule has 0 bridgehead atoms. The summed E-state index contributed by atoms with van der Waals surface area (Å²) in [5.41, 5.74) is 1.40. The van der Waals surface area contributed by atoms with Crippen molar-refractivity contribution in [1.82, 2.24) is 0 Å². The van der Waals surface area contributed by atoms with Gasteiger partial charge in [0.15, 0.2) is 0 Å². The van der Waals surface area contributed by atoms with Gasteiger partial charge in [-0.25, -0.2) is 0 Å². The average molecular weight is 390 g/mol. The summed E-state index contributed by atoms with van der Waals surface area (Å²) in [7, 11) is 0. The zero-order valence-electron chi connectivity index (χ0n) is 10.0. The fourth-order valence-corrected chi connectivity index (χ4v) is 5.14. The molecule has 1 aliphatic rings. The van der Waals surface area contributed by atoms with Crippen LogP contribution in [0.15, 0.2) is 28.1 Å². The van der Waals surface area contributed by atoms with Gasteiger partial charge in [-0.3, -0.25) is 0 Å². The first-order valence-corrected chi connectivity index (χ1v) is 8.67. The zero-order chi connectivity index (χ0) is 12.7. The smallest absolute Gasteiger partial charge is 0.0551 e. The van der Waals surface area contributed by atoms with E-state index >= 15 is 0 Å². The van der Waals surface area contributed by atoms with E-state index in [-0.39, 0.29) is 0 Å². The molecule has 3 atom stereocenters. The second-order valence-corrected chi connectivity index (χ2v) is 7.57. The molecule has 0 saturated carbocycles. The molecule has 2 aromatic rings. The van der Waals surface area contributed by atoms with Crippen LogP contribution in [0.1, 0.15) is 23.7 Å². The minimum atomic E-state index is 0.394. The van der Waals surface area contributed by atoms with Crippen LogP contribution in [0.3, 0.4) is 0 Å². The van der Waals surface area contributed by atoms with Crippen LogP contribution in [0.2, 0.25) is 0 Å². The number of halogens is 2. The quantitative estimate of drug-likeness (QED) is 0.614. The van der Waals surface area contributed by atoms with Crippen molar-refractivity contribution in [2.75, 3.05) is 6.61 Å². The minimum absolute atomic E-state index is 0.394. The maximum absolute atomic E-state index is 5.68. The van der Waals surface area contributed by atoms with Crippen molar-refractivity contribution < 1.29 is 4.74 Å². The van der Waals surface area contributed by atoms with Crippen LogP contribution >= 0.6 is 43.2 Å². The van der Waals surface area contributed by atoms with E-state index < -0.39 is 0 Å². The number of benzene rings is 1. The monoisotopic (exact) mass is 388 g/mol. The summed E-state index contributed by atoms with van der Waals surface area (Å²) < 4.78 is 8.21. The molecule has 1 aliphatic heterocycles. The lowest BCUT2D eigenvalue weighted by Crippen LogP contribution is -2.07. The molecule has 0 spiro atoms. The fraction of sp³-hybridized carbons (Fsp3) is 0.429. The van der Waals surface area contributed by atoms with Gasteiger partial charge in [-0.05, 0) is 51.7 Å². The Bertz CT molecular complexity index is 566. The Morgan fingerprint density at radius 2 is 2.28 bits per heavy atom. The number of thiophene rings is 1. The largest absolute Gasteiger partial charge is 0.378 e. The van der Waals surface area contributed by atoms with E-state index in [1.165, 1.54) is 20.1 Å². The lowest BCUT2D eigenvalue weighted by molar-refractivity contribution is 0.120. The van der Waals surface area contributed by atoms with Crippen molar-refractivity contribution in [3.8, 4) is 0 Å². The second-order valence-electron chi connectivity index (χ2n) is 4.85. The van der Waals surface area contributed by atoms with Gasteiger partial charge in [0.1, 0.15) is 0 Å². The minimum Gasteiger partial charge on any atom is -0.378 e. The highest BCUT2D eigenvalue weighted by Gasteiger charge is 2.30. The first-order chi connectivity index (χ1) is 8.66. The summed E-state index contributed by atoms with van der Waals surface area (Å²) in [5.74, 6) is 0.580. The van der Waals surface area contributed by atoms with E-state index in [9.17, 15) is 0 Å². The third-order valence-electron chi connectivity index (χ3n) is 3.52. The molecule has 1 fully saturated rings. The van der Waals surface area contributed by atoms with Crippen LogP contribution in [-0.2, 0) is 4.74 Å². The Labute approximate surface area is 128 Å². The molecule has 0 radical (unpaired) electrons. The summed E-state index contributed by atoms with van der Waals surface area (Å²) in [5, 5.41) is 3.63. The van der Waals surface area contributed by atoms with Gasteiger partial charge in [0.25, 0.3) is 0 Å². The summed E-state index contributed by atoms with van der Waals surface area (Å²) in [6.07, 6.45) is 1.54. The first kappa shape index (κ1) is 13.1. The van der Waals surface area contributed by atoms with Crippen molar-refractivity contribution in [1.29, 1.82) is 0 Å². The Hall–Kier alpha value is 0.1000. The van der Waals surface area contributed by atoms with Crippen molar-refractivity contribution in [2.45, 2.75) is 24.3 Å². The number of fused-ring (bicyclic) bond motifs is 1. The van der Waals surface area contributed by atoms with Crippen LogP contribution < -0.4 is 0 Å². The SMILES string of the molecule is CC1CC(C(Br)c2csc3c(Br)cccc23)CO1. The number of ether oxygens (including phenoxy) is 1. The summed E-state index contributed by atoms with van der Waals surface area (Å²) in [6, 6.07) is 6.42. The molecule has 0 amide bonds. The van der Waals surface area contributed by atoms with E-state index in [0.717, 1.165) is 13.0 Å². The highest BCUT2D eigenvalue weighted by atomic mass is 79.9. The number of hydrogen-bond acceptors (Lipinski definition) is 2. The lowest BCUT2D eigenvalue weighted by Gasteiger charge is -2.15. The normalized spacial score (nSPS) is 25.7. The van der Waals surface area contributed by atoms with Crippen molar-refractivity contribution >= 4 is 53.3 Å². The Kier molecular flexibility index (Phi) is 3.81. The molecule has 96 valence electrons. The highest BCUT2D eigenvalue weighted by molar-refractivity contribution is 9.10. The maximum atomic E-state index is 5.68. The lowest BCUT2D eigenvalue weighted by atomic mass is 9.96. The molecule has 3 rings (SSSR count). The van der Waals surface area contributed by atoms with E-state index in [0.29, 0.717) is 16.8 Å². The second kappa shape index (κ2) is 5.23. The topological polar surface area (TPSA) is 9.23 Å². The molecule has 18 heavy (non-hydrogen) atoms. The van der Waals surface area contributed by atoms with E-state index in [4.69, 9.17) is 4.74 Å². The summed E-state index contributed by atoms with van der Waals surface area (Å²) in [4.78, 5) is 0.394. The molecule has 1 aromatic heterocycles. The van der Waals surface area contributed by atoms with Crippen molar-refractivity contribution in [2.24, 2.45) is 5.92 Å². The molecule has 1 saturated heterocycles. The third-order valence-corrected chi connectivity index (χ3v) is 6.73. The Balaban J connectivity index is 1.97. The predicted molar refractivity (Wildman–Crippen MR) is 84.7 cm³/mol. The van der Waals surface area contributed by atoms with Gasteiger partial charge in [0.05, 0.1) is 12.7 Å². The molecule has 2 heterocycles. The van der Waals surface area contributed by atoms with Gasteiger partial charge in [-0.15, -0.1) is 11.3 Å². The standard InChI is InChI=1S/C14H14Br2OS/c1-8-5-9(6-17-8)13(16)11-7-18-14-10(11)3-2-4-12(14)15/h2-4,7-9,13H,5-6H2,1H3. The van der Waals surface area contributed by atoms with Crippen LogP contribution in [0.25, 0.3) is 10.1 Å². The Morgan fingerprint density at radius 1 is 1.44 bits per heavy atom. The van der Waals surface area contributed by atoms with Crippen LogP contribution in [-0.4, -0.2) is 12.7 Å².